The summed E-state index contributed by atoms with van der Waals surface area (Å²) in [5.41, 5.74) is 0.221. The highest BCUT2D eigenvalue weighted by atomic mass is 19.4. The molecule has 1 N–H and O–H groups in total. The molecule has 0 aliphatic carbocycles. The number of alkyl halides is 3. The number of carbonyl (C=O) groups is 1. The van der Waals surface area contributed by atoms with Crippen molar-refractivity contribution in [1.29, 1.82) is 0 Å². The van der Waals surface area contributed by atoms with Crippen molar-refractivity contribution in [2.75, 3.05) is 6.54 Å². The Morgan fingerprint density at radius 1 is 1.25 bits per heavy atom. The lowest BCUT2D eigenvalue weighted by Crippen LogP contribution is -2.35. The number of nitrogens with one attached hydrogen (secondary N) is 1. The number of halogens is 5. The number of hydrogen-bond acceptors (Lipinski definition) is 2. The monoisotopic (exact) mass is 293 g/mol. The predicted octanol–water partition coefficient (Wildman–Crippen LogP) is 1.99. The molecule has 2 rings (SSSR count). The van der Waals surface area contributed by atoms with Crippen LogP contribution in [0, 0.1) is 11.6 Å². The maximum absolute atomic E-state index is 13.1. The third-order valence-corrected chi connectivity index (χ3v) is 2.46. The minimum atomic E-state index is -4.51. The SMILES string of the molecule is O=C(Cn1cnc2cc(F)c(F)cc21)NCC(F)(F)F. The van der Waals surface area contributed by atoms with Crippen LogP contribution in [0.4, 0.5) is 22.0 Å². The number of benzene rings is 1. The first-order chi connectivity index (χ1) is 9.26. The summed E-state index contributed by atoms with van der Waals surface area (Å²) in [7, 11) is 0. The highest BCUT2D eigenvalue weighted by Gasteiger charge is 2.27. The van der Waals surface area contributed by atoms with Gasteiger partial charge in [-0.25, -0.2) is 13.8 Å². The van der Waals surface area contributed by atoms with Gasteiger partial charge in [-0.1, -0.05) is 0 Å². The van der Waals surface area contributed by atoms with E-state index in [2.05, 4.69) is 4.98 Å². The molecule has 1 amide bonds. The van der Waals surface area contributed by atoms with Gasteiger partial charge in [-0.05, 0) is 0 Å². The Kier molecular flexibility index (Phi) is 3.60. The number of amides is 1. The first kappa shape index (κ1) is 14.2. The van der Waals surface area contributed by atoms with Crippen LogP contribution in [-0.2, 0) is 11.3 Å². The van der Waals surface area contributed by atoms with E-state index >= 15 is 0 Å². The highest BCUT2D eigenvalue weighted by molar-refractivity contribution is 5.80. The molecule has 108 valence electrons. The van der Waals surface area contributed by atoms with E-state index in [1.54, 1.807) is 5.32 Å². The molecular weight excluding hydrogens is 285 g/mol. The average Bonchev–Trinajstić information content (AvgIpc) is 2.69. The van der Waals surface area contributed by atoms with Gasteiger partial charge in [-0.3, -0.25) is 4.79 Å². The van der Waals surface area contributed by atoms with Crippen LogP contribution in [0.5, 0.6) is 0 Å². The molecule has 0 atom stereocenters. The fourth-order valence-electron chi connectivity index (χ4n) is 1.59. The minimum Gasteiger partial charge on any atom is -0.345 e. The predicted molar refractivity (Wildman–Crippen MR) is 58.7 cm³/mol. The number of carbonyl (C=O) groups excluding carboxylic acids is 1. The van der Waals surface area contributed by atoms with Crippen LogP contribution < -0.4 is 5.32 Å². The molecule has 2 aromatic rings. The Morgan fingerprint density at radius 2 is 1.90 bits per heavy atom. The molecule has 0 fully saturated rings. The molecule has 20 heavy (non-hydrogen) atoms. The molecule has 1 aromatic heterocycles. The van der Waals surface area contributed by atoms with Gasteiger partial charge in [0.05, 0.1) is 17.4 Å². The molecular formula is C11H8F5N3O. The molecule has 0 bridgehead atoms. The summed E-state index contributed by atoms with van der Waals surface area (Å²) in [5, 5.41) is 1.67. The smallest absolute Gasteiger partial charge is 0.345 e. The Bertz CT molecular complexity index is 649. The molecule has 0 saturated heterocycles. The number of fused-ring (bicyclic) bond motifs is 1. The molecule has 0 aliphatic heterocycles. The van der Waals surface area contributed by atoms with Crippen molar-refractivity contribution in [2.45, 2.75) is 12.7 Å². The molecule has 0 unspecified atom stereocenters. The van der Waals surface area contributed by atoms with Crippen molar-refractivity contribution < 1.29 is 26.7 Å². The summed E-state index contributed by atoms with van der Waals surface area (Å²) < 4.78 is 62.9. The lowest BCUT2D eigenvalue weighted by atomic mass is 10.3. The van der Waals surface area contributed by atoms with Crippen LogP contribution in [0.3, 0.4) is 0 Å². The Morgan fingerprint density at radius 3 is 2.55 bits per heavy atom. The van der Waals surface area contributed by atoms with E-state index in [1.165, 1.54) is 0 Å². The van der Waals surface area contributed by atoms with Crippen LogP contribution in [-0.4, -0.2) is 28.2 Å². The van der Waals surface area contributed by atoms with E-state index in [0.29, 0.717) is 0 Å². The normalized spacial score (nSPS) is 11.8. The number of hydrogen-bond donors (Lipinski definition) is 1. The van der Waals surface area contributed by atoms with Crippen LogP contribution >= 0.6 is 0 Å². The summed E-state index contributed by atoms with van der Waals surface area (Å²) in [4.78, 5) is 15.1. The first-order valence-corrected chi connectivity index (χ1v) is 5.39. The minimum absolute atomic E-state index is 0.104. The van der Waals surface area contributed by atoms with Crippen LogP contribution in [0.1, 0.15) is 0 Å². The quantitative estimate of drug-likeness (QED) is 0.880. The second-order valence-corrected chi connectivity index (χ2v) is 4.02. The van der Waals surface area contributed by atoms with Crippen LogP contribution in [0.15, 0.2) is 18.5 Å². The van der Waals surface area contributed by atoms with Crippen LogP contribution in [0.2, 0.25) is 0 Å². The van der Waals surface area contributed by atoms with E-state index in [4.69, 9.17) is 0 Å². The number of imidazole rings is 1. The summed E-state index contributed by atoms with van der Waals surface area (Å²) in [6.07, 6.45) is -3.39. The van der Waals surface area contributed by atoms with E-state index in [9.17, 15) is 26.7 Å². The fourth-order valence-corrected chi connectivity index (χ4v) is 1.59. The van der Waals surface area contributed by atoms with Crippen molar-refractivity contribution in [3.8, 4) is 0 Å². The van der Waals surface area contributed by atoms with Gasteiger partial charge < -0.3 is 9.88 Å². The van der Waals surface area contributed by atoms with Gasteiger partial charge in [0.2, 0.25) is 5.91 Å². The molecule has 0 saturated carbocycles. The number of nitrogens with zero attached hydrogens (tertiary/aromatic N) is 2. The largest absolute Gasteiger partial charge is 0.405 e. The van der Waals surface area contributed by atoms with Gasteiger partial charge in [0.15, 0.2) is 11.6 Å². The lowest BCUT2D eigenvalue weighted by molar-refractivity contribution is -0.138. The van der Waals surface area contributed by atoms with Crippen molar-refractivity contribution in [1.82, 2.24) is 14.9 Å². The maximum atomic E-state index is 13.1. The molecule has 4 nitrogen and oxygen atoms in total. The standard InChI is InChI=1S/C11H8F5N3O/c12-6-1-8-9(2-7(6)13)19(5-18-8)3-10(20)17-4-11(14,15)16/h1-2,5H,3-4H2,(H,17,20). The lowest BCUT2D eigenvalue weighted by Gasteiger charge is -2.09. The Hall–Kier alpha value is -2.19. The van der Waals surface area contributed by atoms with Gasteiger partial charge in [0, 0.05) is 12.1 Å². The fraction of sp³-hybridized carbons (Fsp3) is 0.273. The molecule has 1 heterocycles. The van der Waals surface area contributed by atoms with Crippen molar-refractivity contribution in [3.63, 3.8) is 0 Å². The van der Waals surface area contributed by atoms with Crippen LogP contribution in [0.25, 0.3) is 11.0 Å². The van der Waals surface area contributed by atoms with E-state index in [0.717, 1.165) is 23.0 Å². The third kappa shape index (κ3) is 3.22. The zero-order valence-electron chi connectivity index (χ0n) is 9.84. The summed E-state index contributed by atoms with van der Waals surface area (Å²) in [5.74, 6) is -3.13. The highest BCUT2D eigenvalue weighted by Crippen LogP contribution is 2.17. The average molecular weight is 293 g/mol. The molecule has 0 spiro atoms. The molecule has 1 aromatic carbocycles. The van der Waals surface area contributed by atoms with Gasteiger partial charge in [-0.2, -0.15) is 13.2 Å². The van der Waals surface area contributed by atoms with E-state index in [-0.39, 0.29) is 11.0 Å². The van der Waals surface area contributed by atoms with E-state index in [1.807, 2.05) is 0 Å². The topological polar surface area (TPSA) is 46.9 Å². The number of rotatable bonds is 3. The number of aromatic nitrogens is 2. The second-order valence-electron chi connectivity index (χ2n) is 4.02. The first-order valence-electron chi connectivity index (χ1n) is 5.39. The van der Waals surface area contributed by atoms with Crippen molar-refractivity contribution in [3.05, 3.63) is 30.1 Å². The Labute approximate surface area is 109 Å². The zero-order valence-corrected chi connectivity index (χ0v) is 9.84. The van der Waals surface area contributed by atoms with Gasteiger partial charge in [0.25, 0.3) is 0 Å². The van der Waals surface area contributed by atoms with Crippen molar-refractivity contribution in [2.24, 2.45) is 0 Å². The molecule has 9 heteroatoms. The maximum Gasteiger partial charge on any atom is 0.405 e. The molecule has 0 aliphatic rings. The van der Waals surface area contributed by atoms with Crippen molar-refractivity contribution >= 4 is 16.9 Å². The van der Waals surface area contributed by atoms with Gasteiger partial charge in [0.1, 0.15) is 13.1 Å². The third-order valence-electron chi connectivity index (χ3n) is 2.46. The summed E-state index contributed by atoms with van der Waals surface area (Å²) in [6, 6.07) is 1.67. The van der Waals surface area contributed by atoms with Gasteiger partial charge in [-0.15, -0.1) is 0 Å². The Balaban J connectivity index is 2.14. The van der Waals surface area contributed by atoms with E-state index < -0.39 is 36.8 Å². The summed E-state index contributed by atoms with van der Waals surface area (Å²) >= 11 is 0. The van der Waals surface area contributed by atoms with Gasteiger partial charge >= 0.3 is 6.18 Å². The zero-order chi connectivity index (χ0) is 14.9. The molecule has 0 radical (unpaired) electrons. The second kappa shape index (κ2) is 5.06. The summed E-state index contributed by atoms with van der Waals surface area (Å²) in [6.45, 7) is -1.93.